The van der Waals surface area contributed by atoms with E-state index in [0.717, 1.165) is 22.4 Å². The molecule has 6 heteroatoms. The van der Waals surface area contributed by atoms with Crippen LogP contribution in [0.15, 0.2) is 30.6 Å². The lowest BCUT2D eigenvalue weighted by Gasteiger charge is -2.13. The molecule has 0 atom stereocenters. The van der Waals surface area contributed by atoms with E-state index in [4.69, 9.17) is 14.2 Å². The summed E-state index contributed by atoms with van der Waals surface area (Å²) in [5, 5.41) is 0. The summed E-state index contributed by atoms with van der Waals surface area (Å²) in [6, 6.07) is 5.70. The number of H-pyrrole nitrogens is 1. The fourth-order valence-corrected chi connectivity index (χ4v) is 2.24. The molecule has 0 bridgehead atoms. The smallest absolute Gasteiger partial charge is 0.203 e. The van der Waals surface area contributed by atoms with E-state index >= 15 is 0 Å². The number of methoxy groups -OCH3 is 3. The molecule has 0 aliphatic carbocycles. The van der Waals surface area contributed by atoms with Crippen LogP contribution < -0.4 is 14.2 Å². The molecule has 6 nitrogen and oxygen atoms in total. The van der Waals surface area contributed by atoms with Crippen molar-refractivity contribution in [2.24, 2.45) is 0 Å². The summed E-state index contributed by atoms with van der Waals surface area (Å²) in [6.07, 6.45) is 3.31. The zero-order chi connectivity index (χ0) is 14.8. The molecule has 2 heterocycles. The molecule has 0 saturated heterocycles. The van der Waals surface area contributed by atoms with Gasteiger partial charge in [-0.2, -0.15) is 0 Å². The monoisotopic (exact) mass is 285 g/mol. The molecule has 1 N–H and O–H groups in total. The SMILES string of the molecule is COc1cc(-c2cc3nccnc3[nH]2)cc(OC)c1OC. The minimum absolute atomic E-state index is 0.566. The highest BCUT2D eigenvalue weighted by Gasteiger charge is 2.15. The van der Waals surface area contributed by atoms with E-state index in [2.05, 4.69) is 15.0 Å². The third-order valence-corrected chi connectivity index (χ3v) is 3.24. The Kier molecular flexibility index (Phi) is 3.35. The number of ether oxygens (including phenoxy) is 3. The maximum atomic E-state index is 5.36. The Balaban J connectivity index is 2.17. The van der Waals surface area contributed by atoms with Crippen LogP contribution in [0.4, 0.5) is 0 Å². The van der Waals surface area contributed by atoms with Crippen molar-refractivity contribution in [2.75, 3.05) is 21.3 Å². The molecule has 0 aliphatic heterocycles. The summed E-state index contributed by atoms with van der Waals surface area (Å²) in [5.41, 5.74) is 3.34. The molecule has 0 radical (unpaired) electrons. The van der Waals surface area contributed by atoms with Crippen molar-refractivity contribution in [3.63, 3.8) is 0 Å². The molecule has 21 heavy (non-hydrogen) atoms. The highest BCUT2D eigenvalue weighted by molar-refractivity contribution is 5.81. The molecule has 3 rings (SSSR count). The quantitative estimate of drug-likeness (QED) is 0.798. The van der Waals surface area contributed by atoms with Crippen molar-refractivity contribution >= 4 is 11.2 Å². The van der Waals surface area contributed by atoms with Crippen LogP contribution in [-0.4, -0.2) is 36.3 Å². The fraction of sp³-hybridized carbons (Fsp3) is 0.200. The van der Waals surface area contributed by atoms with Gasteiger partial charge in [0.25, 0.3) is 0 Å². The van der Waals surface area contributed by atoms with E-state index in [-0.39, 0.29) is 0 Å². The summed E-state index contributed by atoms with van der Waals surface area (Å²) in [4.78, 5) is 11.7. The number of nitrogens with zero attached hydrogens (tertiary/aromatic N) is 2. The summed E-state index contributed by atoms with van der Waals surface area (Å²) in [7, 11) is 4.77. The van der Waals surface area contributed by atoms with Crippen molar-refractivity contribution in [1.82, 2.24) is 15.0 Å². The Hall–Kier alpha value is -2.76. The molecule has 0 fully saturated rings. The molecule has 0 saturated carbocycles. The van der Waals surface area contributed by atoms with Gasteiger partial charge in [-0.05, 0) is 18.2 Å². The zero-order valence-corrected chi connectivity index (χ0v) is 12.0. The zero-order valence-electron chi connectivity index (χ0n) is 12.0. The Morgan fingerprint density at radius 2 is 1.52 bits per heavy atom. The lowest BCUT2D eigenvalue weighted by molar-refractivity contribution is 0.324. The van der Waals surface area contributed by atoms with Crippen molar-refractivity contribution in [3.8, 4) is 28.5 Å². The van der Waals surface area contributed by atoms with Crippen LogP contribution in [0.25, 0.3) is 22.4 Å². The average Bonchev–Trinajstić information content (AvgIpc) is 2.97. The van der Waals surface area contributed by atoms with E-state index in [1.807, 2.05) is 18.2 Å². The van der Waals surface area contributed by atoms with Crippen LogP contribution in [0.1, 0.15) is 0 Å². The number of aromatic amines is 1. The standard InChI is InChI=1S/C15H15N3O3/c1-19-12-6-9(7-13(20-2)14(12)21-3)10-8-11-15(18-10)17-5-4-16-11/h4-8H,1-3H3,(H,17,18). The van der Waals surface area contributed by atoms with Gasteiger partial charge >= 0.3 is 0 Å². The lowest BCUT2D eigenvalue weighted by Crippen LogP contribution is -1.95. The van der Waals surface area contributed by atoms with E-state index in [1.54, 1.807) is 33.7 Å². The molecular weight excluding hydrogens is 270 g/mol. The van der Waals surface area contributed by atoms with Gasteiger partial charge in [0.15, 0.2) is 17.1 Å². The van der Waals surface area contributed by atoms with E-state index in [1.165, 1.54) is 0 Å². The predicted octanol–water partition coefficient (Wildman–Crippen LogP) is 2.65. The largest absolute Gasteiger partial charge is 0.493 e. The van der Waals surface area contributed by atoms with Gasteiger partial charge in [-0.25, -0.2) is 4.98 Å². The van der Waals surface area contributed by atoms with Gasteiger partial charge in [0, 0.05) is 23.7 Å². The molecule has 0 spiro atoms. The molecule has 1 aromatic carbocycles. The van der Waals surface area contributed by atoms with Crippen LogP contribution in [0.5, 0.6) is 17.2 Å². The van der Waals surface area contributed by atoms with Crippen LogP contribution >= 0.6 is 0 Å². The molecular formula is C15H15N3O3. The summed E-state index contributed by atoms with van der Waals surface area (Å²) in [5.74, 6) is 1.77. The third kappa shape index (κ3) is 2.24. The van der Waals surface area contributed by atoms with Crippen molar-refractivity contribution in [3.05, 3.63) is 30.6 Å². The normalized spacial score (nSPS) is 10.6. The lowest BCUT2D eigenvalue weighted by atomic mass is 10.1. The first-order chi connectivity index (χ1) is 10.3. The van der Waals surface area contributed by atoms with E-state index in [0.29, 0.717) is 17.2 Å². The number of benzene rings is 1. The Labute approximate surface area is 121 Å². The number of hydrogen-bond acceptors (Lipinski definition) is 5. The number of rotatable bonds is 4. The van der Waals surface area contributed by atoms with Gasteiger partial charge in [-0.3, -0.25) is 4.98 Å². The topological polar surface area (TPSA) is 69.3 Å². The van der Waals surface area contributed by atoms with Gasteiger partial charge in [0.2, 0.25) is 5.75 Å². The molecule has 0 amide bonds. The van der Waals surface area contributed by atoms with Gasteiger partial charge in [0.05, 0.1) is 21.3 Å². The highest BCUT2D eigenvalue weighted by atomic mass is 16.5. The summed E-state index contributed by atoms with van der Waals surface area (Å²) < 4.78 is 16.1. The predicted molar refractivity (Wildman–Crippen MR) is 79.0 cm³/mol. The summed E-state index contributed by atoms with van der Waals surface area (Å²) >= 11 is 0. The van der Waals surface area contributed by atoms with Crippen LogP contribution in [0.2, 0.25) is 0 Å². The first-order valence-corrected chi connectivity index (χ1v) is 6.37. The average molecular weight is 285 g/mol. The van der Waals surface area contributed by atoms with Gasteiger partial charge in [-0.15, -0.1) is 0 Å². The van der Waals surface area contributed by atoms with Crippen molar-refractivity contribution in [1.29, 1.82) is 0 Å². The number of aromatic nitrogens is 3. The maximum Gasteiger partial charge on any atom is 0.203 e. The van der Waals surface area contributed by atoms with Crippen molar-refractivity contribution < 1.29 is 14.2 Å². The second-order valence-electron chi connectivity index (χ2n) is 4.39. The Bertz CT molecular complexity index is 725. The second kappa shape index (κ2) is 5.32. The maximum absolute atomic E-state index is 5.36. The van der Waals surface area contributed by atoms with E-state index in [9.17, 15) is 0 Å². The molecule has 0 aliphatic rings. The van der Waals surface area contributed by atoms with Crippen LogP contribution in [0.3, 0.4) is 0 Å². The van der Waals surface area contributed by atoms with E-state index < -0.39 is 0 Å². The first-order valence-electron chi connectivity index (χ1n) is 6.37. The highest BCUT2D eigenvalue weighted by Crippen LogP contribution is 2.41. The Morgan fingerprint density at radius 3 is 2.10 bits per heavy atom. The summed E-state index contributed by atoms with van der Waals surface area (Å²) in [6.45, 7) is 0. The number of nitrogens with one attached hydrogen (secondary N) is 1. The minimum Gasteiger partial charge on any atom is -0.493 e. The van der Waals surface area contributed by atoms with Gasteiger partial charge < -0.3 is 19.2 Å². The number of fused-ring (bicyclic) bond motifs is 1. The molecule has 2 aromatic heterocycles. The van der Waals surface area contributed by atoms with Crippen molar-refractivity contribution in [2.45, 2.75) is 0 Å². The molecule has 0 unspecified atom stereocenters. The fourth-order valence-electron chi connectivity index (χ4n) is 2.24. The number of hydrogen-bond donors (Lipinski definition) is 1. The minimum atomic E-state index is 0.566. The Morgan fingerprint density at radius 1 is 0.857 bits per heavy atom. The van der Waals surface area contributed by atoms with Gasteiger partial charge in [0.1, 0.15) is 5.52 Å². The third-order valence-electron chi connectivity index (χ3n) is 3.24. The molecule has 108 valence electrons. The molecule has 3 aromatic rings. The second-order valence-corrected chi connectivity index (χ2v) is 4.39. The van der Waals surface area contributed by atoms with Crippen LogP contribution in [-0.2, 0) is 0 Å². The van der Waals surface area contributed by atoms with Gasteiger partial charge in [-0.1, -0.05) is 0 Å². The first kappa shape index (κ1) is 13.2. The van der Waals surface area contributed by atoms with Crippen LogP contribution in [0, 0.1) is 0 Å².